The van der Waals surface area contributed by atoms with E-state index in [1.807, 2.05) is 11.9 Å². The van der Waals surface area contributed by atoms with Crippen molar-refractivity contribution in [1.29, 1.82) is 0 Å². The van der Waals surface area contributed by atoms with Crippen molar-refractivity contribution in [2.24, 2.45) is 5.92 Å². The van der Waals surface area contributed by atoms with Crippen molar-refractivity contribution in [2.45, 2.75) is 46.1 Å². The highest BCUT2D eigenvalue weighted by Crippen LogP contribution is 2.29. The van der Waals surface area contributed by atoms with E-state index < -0.39 is 0 Å². The molecule has 0 unspecified atom stereocenters. The largest absolute Gasteiger partial charge is 0.340 e. The number of nitrogens with zero attached hydrogens (tertiary/aromatic N) is 2. The molecule has 1 saturated carbocycles. The van der Waals surface area contributed by atoms with Gasteiger partial charge in [-0.25, -0.2) is 0 Å². The molecular weight excluding hydrogens is 272 g/mol. The highest BCUT2D eigenvalue weighted by atomic mass is 16.2. The molecule has 0 heterocycles. The fraction of sp³-hybridized carbons (Fsp3) is 0.632. The molecule has 122 valence electrons. The van der Waals surface area contributed by atoms with E-state index in [1.54, 1.807) is 0 Å². The van der Waals surface area contributed by atoms with E-state index in [0.29, 0.717) is 13.1 Å². The summed E-state index contributed by atoms with van der Waals surface area (Å²) in [6, 6.07) is 8.58. The van der Waals surface area contributed by atoms with Crippen LogP contribution in [-0.4, -0.2) is 42.4 Å². The summed E-state index contributed by atoms with van der Waals surface area (Å²) in [5.41, 5.74) is 2.55. The number of likely N-dealkylation sites (N-methyl/N-ethyl adjacent to an activating group) is 1. The van der Waals surface area contributed by atoms with Crippen molar-refractivity contribution in [3.63, 3.8) is 0 Å². The third-order valence-corrected chi connectivity index (χ3v) is 4.39. The van der Waals surface area contributed by atoms with E-state index in [1.165, 1.54) is 24.0 Å². The van der Waals surface area contributed by atoms with Gasteiger partial charge >= 0.3 is 0 Å². The summed E-state index contributed by atoms with van der Waals surface area (Å²) in [4.78, 5) is 16.6. The summed E-state index contributed by atoms with van der Waals surface area (Å²) >= 11 is 0. The zero-order valence-corrected chi connectivity index (χ0v) is 14.3. The molecule has 0 saturated heterocycles. The van der Waals surface area contributed by atoms with E-state index in [4.69, 9.17) is 0 Å². The number of hydrogen-bond donors (Lipinski definition) is 0. The quantitative estimate of drug-likeness (QED) is 0.698. The molecule has 0 atom stereocenters. The SMILES string of the molecule is CCCN(CC(=O)N(C)Cc1ccc(CC)cc1)CC1CC1. The summed E-state index contributed by atoms with van der Waals surface area (Å²) in [7, 11) is 1.91. The van der Waals surface area contributed by atoms with Gasteiger partial charge in [0.15, 0.2) is 0 Å². The zero-order valence-electron chi connectivity index (χ0n) is 14.3. The van der Waals surface area contributed by atoms with Gasteiger partial charge in [-0.1, -0.05) is 38.1 Å². The minimum Gasteiger partial charge on any atom is -0.340 e. The molecule has 22 heavy (non-hydrogen) atoms. The summed E-state index contributed by atoms with van der Waals surface area (Å²) < 4.78 is 0. The van der Waals surface area contributed by atoms with Crippen LogP contribution in [0.4, 0.5) is 0 Å². The third kappa shape index (κ3) is 5.45. The lowest BCUT2D eigenvalue weighted by Crippen LogP contribution is -2.39. The normalized spacial score (nSPS) is 14.4. The van der Waals surface area contributed by atoms with Crippen molar-refractivity contribution in [2.75, 3.05) is 26.7 Å². The minimum absolute atomic E-state index is 0.230. The van der Waals surface area contributed by atoms with E-state index in [9.17, 15) is 4.79 Å². The molecule has 1 aromatic rings. The molecule has 0 aromatic heterocycles. The van der Waals surface area contributed by atoms with Crippen LogP contribution in [0.15, 0.2) is 24.3 Å². The topological polar surface area (TPSA) is 23.6 Å². The number of amides is 1. The van der Waals surface area contributed by atoms with Gasteiger partial charge in [0.2, 0.25) is 5.91 Å². The average Bonchev–Trinajstić information content (AvgIpc) is 3.32. The van der Waals surface area contributed by atoms with Gasteiger partial charge in [0.1, 0.15) is 0 Å². The zero-order chi connectivity index (χ0) is 15.9. The molecule has 3 nitrogen and oxygen atoms in total. The van der Waals surface area contributed by atoms with Crippen LogP contribution in [0.5, 0.6) is 0 Å². The fourth-order valence-electron chi connectivity index (χ4n) is 2.77. The van der Waals surface area contributed by atoms with Gasteiger partial charge in [-0.15, -0.1) is 0 Å². The van der Waals surface area contributed by atoms with Gasteiger partial charge in [-0.05, 0) is 49.3 Å². The lowest BCUT2D eigenvalue weighted by Gasteiger charge is -2.25. The molecule has 2 rings (SSSR count). The van der Waals surface area contributed by atoms with Gasteiger partial charge in [0.05, 0.1) is 6.54 Å². The van der Waals surface area contributed by atoms with Gasteiger partial charge < -0.3 is 4.90 Å². The van der Waals surface area contributed by atoms with Crippen LogP contribution < -0.4 is 0 Å². The Hall–Kier alpha value is -1.35. The first kappa shape index (κ1) is 17.0. The Morgan fingerprint density at radius 3 is 2.32 bits per heavy atom. The number of rotatable bonds is 9. The maximum Gasteiger partial charge on any atom is 0.236 e. The summed E-state index contributed by atoms with van der Waals surface area (Å²) in [6.45, 7) is 7.73. The second-order valence-electron chi connectivity index (χ2n) is 6.60. The van der Waals surface area contributed by atoms with Crippen LogP contribution in [-0.2, 0) is 17.8 Å². The van der Waals surface area contributed by atoms with Crippen LogP contribution in [0.3, 0.4) is 0 Å². The lowest BCUT2D eigenvalue weighted by molar-refractivity contribution is -0.131. The summed E-state index contributed by atoms with van der Waals surface area (Å²) in [5.74, 6) is 1.07. The molecule has 1 aliphatic rings. The van der Waals surface area contributed by atoms with Gasteiger partial charge in [0, 0.05) is 20.1 Å². The molecule has 1 aromatic carbocycles. The lowest BCUT2D eigenvalue weighted by atomic mass is 10.1. The number of aryl methyl sites for hydroxylation is 1. The molecule has 0 N–H and O–H groups in total. The minimum atomic E-state index is 0.230. The Morgan fingerprint density at radius 2 is 1.77 bits per heavy atom. The summed E-state index contributed by atoms with van der Waals surface area (Å²) in [5, 5.41) is 0. The van der Waals surface area contributed by atoms with Crippen molar-refractivity contribution in [3.8, 4) is 0 Å². The first-order valence-electron chi connectivity index (χ1n) is 8.66. The van der Waals surface area contributed by atoms with Gasteiger partial charge in [-0.3, -0.25) is 9.69 Å². The van der Waals surface area contributed by atoms with Crippen LogP contribution in [0.2, 0.25) is 0 Å². The standard InChI is InChI=1S/C19H30N2O/c1-4-12-21(14-18-10-11-18)15-19(22)20(3)13-17-8-6-16(5-2)7-9-17/h6-9,18H,4-5,10-15H2,1-3H3. The predicted octanol–water partition coefficient (Wildman–Crippen LogP) is 3.33. The highest BCUT2D eigenvalue weighted by Gasteiger charge is 2.25. The predicted molar refractivity (Wildman–Crippen MR) is 91.7 cm³/mol. The van der Waals surface area contributed by atoms with Crippen molar-refractivity contribution in [3.05, 3.63) is 35.4 Å². The number of carbonyl (C=O) groups excluding carboxylic acids is 1. The second-order valence-corrected chi connectivity index (χ2v) is 6.60. The van der Waals surface area contributed by atoms with Crippen molar-refractivity contribution in [1.82, 2.24) is 9.80 Å². The van der Waals surface area contributed by atoms with E-state index in [0.717, 1.165) is 31.8 Å². The monoisotopic (exact) mass is 302 g/mol. The molecule has 0 aliphatic heterocycles. The van der Waals surface area contributed by atoms with Crippen LogP contribution in [0, 0.1) is 5.92 Å². The van der Waals surface area contributed by atoms with Gasteiger partial charge in [0.25, 0.3) is 0 Å². The van der Waals surface area contributed by atoms with E-state index in [2.05, 4.69) is 43.0 Å². The molecule has 1 fully saturated rings. The number of carbonyl (C=O) groups is 1. The van der Waals surface area contributed by atoms with Crippen molar-refractivity contribution >= 4 is 5.91 Å². The first-order valence-corrected chi connectivity index (χ1v) is 8.66. The Kier molecular flexibility index (Phi) is 6.44. The molecular formula is C19H30N2O. The Morgan fingerprint density at radius 1 is 1.14 bits per heavy atom. The molecule has 0 radical (unpaired) electrons. The molecule has 1 amide bonds. The van der Waals surface area contributed by atoms with Crippen LogP contribution >= 0.6 is 0 Å². The van der Waals surface area contributed by atoms with Crippen LogP contribution in [0.1, 0.15) is 44.2 Å². The maximum absolute atomic E-state index is 12.4. The average molecular weight is 302 g/mol. The van der Waals surface area contributed by atoms with Crippen LogP contribution in [0.25, 0.3) is 0 Å². The van der Waals surface area contributed by atoms with Crippen molar-refractivity contribution < 1.29 is 4.79 Å². The Labute approximate surface area is 135 Å². The van der Waals surface area contributed by atoms with E-state index in [-0.39, 0.29) is 5.91 Å². The molecule has 3 heteroatoms. The molecule has 1 aliphatic carbocycles. The Balaban J connectivity index is 1.83. The smallest absolute Gasteiger partial charge is 0.236 e. The van der Waals surface area contributed by atoms with Gasteiger partial charge in [-0.2, -0.15) is 0 Å². The van der Waals surface area contributed by atoms with E-state index >= 15 is 0 Å². The maximum atomic E-state index is 12.4. The third-order valence-electron chi connectivity index (χ3n) is 4.39. The molecule has 0 bridgehead atoms. The number of benzene rings is 1. The summed E-state index contributed by atoms with van der Waals surface area (Å²) in [6.07, 6.45) is 4.85. The fourth-order valence-corrected chi connectivity index (χ4v) is 2.77. The molecule has 0 spiro atoms. The number of hydrogen-bond acceptors (Lipinski definition) is 2. The second kappa shape index (κ2) is 8.33. The highest BCUT2D eigenvalue weighted by molar-refractivity contribution is 5.78. The first-order chi connectivity index (χ1) is 10.6. The Bertz CT molecular complexity index is 465.